The zero-order valence-electron chi connectivity index (χ0n) is 8.31. The van der Waals surface area contributed by atoms with Gasteiger partial charge in [-0.05, 0) is 5.41 Å². The molecular formula is C9H11F3O2S. The van der Waals surface area contributed by atoms with Crippen LogP contribution in [0, 0.1) is 5.41 Å². The largest absolute Gasteiger partial charge is 0.434 e. The highest BCUT2D eigenvalue weighted by Crippen LogP contribution is 2.34. The van der Waals surface area contributed by atoms with Crippen molar-refractivity contribution in [2.24, 2.45) is 5.41 Å². The van der Waals surface area contributed by atoms with E-state index in [2.05, 4.69) is 0 Å². The van der Waals surface area contributed by atoms with Crippen LogP contribution in [0.15, 0.2) is 0 Å². The summed E-state index contributed by atoms with van der Waals surface area (Å²) in [5, 5.41) is 0. The zero-order valence-corrected chi connectivity index (χ0v) is 9.21. The highest BCUT2D eigenvalue weighted by Gasteiger charge is 2.38. The number of ketones is 2. The lowest BCUT2D eigenvalue weighted by Gasteiger charge is -2.28. The Morgan fingerprint density at radius 3 is 1.87 bits per heavy atom. The Kier molecular flexibility index (Phi) is 3.09. The molecule has 1 aliphatic rings. The summed E-state index contributed by atoms with van der Waals surface area (Å²) in [5.41, 5.74) is -5.03. The fourth-order valence-corrected chi connectivity index (χ4v) is 2.17. The highest BCUT2D eigenvalue weighted by molar-refractivity contribution is 8.02. The van der Waals surface area contributed by atoms with Gasteiger partial charge in [-0.2, -0.15) is 13.2 Å². The lowest BCUT2D eigenvalue weighted by molar-refractivity contribution is -0.122. The van der Waals surface area contributed by atoms with E-state index in [-0.39, 0.29) is 12.8 Å². The second-order valence-corrected chi connectivity index (χ2v) is 5.47. The maximum absolute atomic E-state index is 12.0. The first-order valence-corrected chi connectivity index (χ1v) is 5.23. The molecule has 1 saturated carbocycles. The zero-order chi connectivity index (χ0) is 11.9. The Morgan fingerprint density at radius 1 is 1.13 bits per heavy atom. The van der Waals surface area contributed by atoms with Crippen LogP contribution >= 0.6 is 11.4 Å². The Balaban J connectivity index is 3.00. The first-order valence-electron chi connectivity index (χ1n) is 4.34. The molecule has 0 aromatic carbocycles. The molecule has 6 heteroatoms. The van der Waals surface area contributed by atoms with Crippen LogP contribution < -0.4 is 0 Å². The third-order valence-corrected chi connectivity index (χ3v) is 3.02. The average molecular weight is 240 g/mol. The fourth-order valence-electron chi connectivity index (χ4n) is 1.51. The Labute approximate surface area is 88.8 Å². The van der Waals surface area contributed by atoms with E-state index in [1.54, 1.807) is 13.8 Å². The van der Waals surface area contributed by atoms with Gasteiger partial charge < -0.3 is 0 Å². The summed E-state index contributed by atoms with van der Waals surface area (Å²) >= 11 is -1.12. The molecule has 0 bridgehead atoms. The summed E-state index contributed by atoms with van der Waals surface area (Å²) in [7, 11) is 0. The summed E-state index contributed by atoms with van der Waals surface area (Å²) < 4.78 is 36.1. The molecule has 1 aliphatic carbocycles. The van der Waals surface area contributed by atoms with E-state index >= 15 is 0 Å². The predicted molar refractivity (Wildman–Crippen MR) is 53.1 cm³/mol. The highest BCUT2D eigenvalue weighted by atomic mass is 32.1. The van der Waals surface area contributed by atoms with Gasteiger partial charge in [0.2, 0.25) is 0 Å². The summed E-state index contributed by atoms with van der Waals surface area (Å²) in [6.45, 7) is 3.40. The van der Waals surface area contributed by atoms with E-state index in [4.69, 9.17) is 0 Å². The van der Waals surface area contributed by atoms with Gasteiger partial charge >= 0.3 is 5.51 Å². The third-order valence-electron chi connectivity index (χ3n) is 2.05. The van der Waals surface area contributed by atoms with Gasteiger partial charge in [0, 0.05) is 12.8 Å². The van der Waals surface area contributed by atoms with Crippen molar-refractivity contribution in [2.45, 2.75) is 32.2 Å². The smallest absolute Gasteiger partial charge is 0.293 e. The van der Waals surface area contributed by atoms with Gasteiger partial charge in [-0.1, -0.05) is 25.2 Å². The normalized spacial score (nSPS) is 22.1. The number of alkyl halides is 3. The monoisotopic (exact) mass is 240 g/mol. The Bertz CT molecular complexity index is 320. The molecule has 0 aromatic rings. The van der Waals surface area contributed by atoms with Crippen LogP contribution in [0.4, 0.5) is 13.2 Å². The second-order valence-electron chi connectivity index (χ2n) is 4.29. The fraction of sp³-hybridized carbons (Fsp3) is 0.667. The number of halogens is 3. The average Bonchev–Trinajstić information content (AvgIpc) is 1.93. The molecule has 2 nitrogen and oxygen atoms in total. The maximum Gasteiger partial charge on any atom is 0.434 e. The first kappa shape index (κ1) is 12.4. The van der Waals surface area contributed by atoms with Crippen molar-refractivity contribution >= 4 is 27.8 Å². The molecule has 0 aliphatic heterocycles. The lowest BCUT2D eigenvalue weighted by Crippen LogP contribution is -2.37. The number of Topliss-reactive ketones (excluding diaryl/α,β-unsaturated/α-hetero) is 2. The molecule has 0 unspecified atom stereocenters. The van der Waals surface area contributed by atoms with Crippen LogP contribution in [0.5, 0.6) is 0 Å². The SMILES string of the molecule is CC1(C)CC(=O)C(=[SH]C(F)(F)F)C(=O)C1. The number of carbonyl (C=O) groups is 2. The predicted octanol–water partition coefficient (Wildman–Crippen LogP) is 2.10. The van der Waals surface area contributed by atoms with Gasteiger partial charge in [0.25, 0.3) is 0 Å². The molecule has 0 aromatic heterocycles. The van der Waals surface area contributed by atoms with Crippen LogP contribution in [0.2, 0.25) is 0 Å². The number of hydrogen-bond acceptors (Lipinski definition) is 2. The van der Waals surface area contributed by atoms with Crippen molar-refractivity contribution in [1.29, 1.82) is 0 Å². The van der Waals surface area contributed by atoms with E-state index in [0.717, 1.165) is 0 Å². The van der Waals surface area contributed by atoms with Crippen molar-refractivity contribution in [1.82, 2.24) is 0 Å². The molecular weight excluding hydrogens is 229 g/mol. The summed E-state index contributed by atoms with van der Waals surface area (Å²) in [4.78, 5) is 22.1. The standard InChI is InChI=1S/C9H11F3O2S/c1-8(2)3-5(13)7(6(14)4-8)15-9(10,11)12/h15H,3-4H2,1-2H3. The number of hydrogen-bond donors (Lipinski definition) is 1. The molecule has 1 fully saturated rings. The van der Waals surface area contributed by atoms with E-state index < -0.39 is 38.7 Å². The van der Waals surface area contributed by atoms with E-state index in [9.17, 15) is 22.8 Å². The van der Waals surface area contributed by atoms with Crippen LogP contribution in [0.3, 0.4) is 0 Å². The van der Waals surface area contributed by atoms with Crippen LogP contribution in [0.1, 0.15) is 26.7 Å². The molecule has 0 heterocycles. The van der Waals surface area contributed by atoms with Crippen molar-refractivity contribution in [2.75, 3.05) is 0 Å². The lowest BCUT2D eigenvalue weighted by atomic mass is 9.76. The number of carbonyl (C=O) groups excluding carboxylic acids is 2. The molecule has 0 atom stereocenters. The molecule has 86 valence electrons. The van der Waals surface area contributed by atoms with Crippen molar-refractivity contribution < 1.29 is 22.8 Å². The van der Waals surface area contributed by atoms with Gasteiger partial charge in [0.05, 0.1) is 4.86 Å². The van der Waals surface area contributed by atoms with Crippen LogP contribution in [0.25, 0.3) is 0 Å². The molecule has 0 spiro atoms. The van der Waals surface area contributed by atoms with Gasteiger partial charge in [-0.25, -0.2) is 0 Å². The van der Waals surface area contributed by atoms with Crippen LogP contribution in [-0.4, -0.2) is 21.9 Å². The molecule has 0 saturated heterocycles. The Morgan fingerprint density at radius 2 is 1.53 bits per heavy atom. The molecule has 0 N–H and O–H groups in total. The molecule has 0 radical (unpaired) electrons. The Hall–Kier alpha value is -0.650. The van der Waals surface area contributed by atoms with Gasteiger partial charge in [0.1, 0.15) is 0 Å². The van der Waals surface area contributed by atoms with Gasteiger partial charge in [0.15, 0.2) is 11.6 Å². The van der Waals surface area contributed by atoms with E-state index in [1.807, 2.05) is 0 Å². The van der Waals surface area contributed by atoms with Gasteiger partial charge in [-0.3, -0.25) is 9.59 Å². The molecule has 0 amide bonds. The van der Waals surface area contributed by atoms with Crippen molar-refractivity contribution in [3.8, 4) is 0 Å². The number of rotatable bonds is 0. The minimum absolute atomic E-state index is 0.0111. The second kappa shape index (κ2) is 3.73. The quantitative estimate of drug-likeness (QED) is 0.519. The van der Waals surface area contributed by atoms with E-state index in [0.29, 0.717) is 0 Å². The topological polar surface area (TPSA) is 34.1 Å². The van der Waals surface area contributed by atoms with Crippen molar-refractivity contribution in [3.63, 3.8) is 0 Å². The van der Waals surface area contributed by atoms with E-state index in [1.165, 1.54) is 0 Å². The van der Waals surface area contributed by atoms with Crippen molar-refractivity contribution in [3.05, 3.63) is 0 Å². The third kappa shape index (κ3) is 3.44. The van der Waals surface area contributed by atoms with Gasteiger partial charge in [-0.15, -0.1) is 0 Å². The molecule has 15 heavy (non-hydrogen) atoms. The first-order chi connectivity index (χ1) is 6.61. The number of thiol groups is 1. The summed E-state index contributed by atoms with van der Waals surface area (Å²) in [6.07, 6.45) is 0.0221. The molecule has 1 rings (SSSR count). The van der Waals surface area contributed by atoms with Crippen LogP contribution in [-0.2, 0) is 9.59 Å². The summed E-state index contributed by atoms with van der Waals surface area (Å²) in [5.74, 6) is -1.34. The maximum atomic E-state index is 12.0. The summed E-state index contributed by atoms with van der Waals surface area (Å²) in [6, 6.07) is 0. The minimum atomic E-state index is -4.51. The minimum Gasteiger partial charge on any atom is -0.293 e.